The maximum Gasteiger partial charge on any atom is 0.326 e. The van der Waals surface area contributed by atoms with E-state index in [4.69, 9.17) is 10.2 Å². The normalized spacial score (nSPS) is 19.1. The van der Waals surface area contributed by atoms with Crippen LogP contribution < -0.4 is 21.3 Å². The quantitative estimate of drug-likeness (QED) is 0.189. The predicted molar refractivity (Wildman–Crippen MR) is 98.6 cm³/mol. The van der Waals surface area contributed by atoms with Gasteiger partial charge >= 0.3 is 11.9 Å². The minimum absolute atomic E-state index is 0.485. The smallest absolute Gasteiger partial charge is 0.326 e. The van der Waals surface area contributed by atoms with E-state index in [1.807, 2.05) is 0 Å². The van der Waals surface area contributed by atoms with E-state index >= 15 is 0 Å². The van der Waals surface area contributed by atoms with Crippen LogP contribution in [0.15, 0.2) is 0 Å². The molecule has 1 fully saturated rings. The molecule has 1 heterocycles. The molecule has 0 aromatic heterocycles. The van der Waals surface area contributed by atoms with Crippen molar-refractivity contribution in [1.82, 2.24) is 21.3 Å². The number of nitrogens with one attached hydrogen (secondary N) is 4. The van der Waals surface area contributed by atoms with Gasteiger partial charge < -0.3 is 36.6 Å². The van der Waals surface area contributed by atoms with Crippen LogP contribution >= 0.6 is 0 Å². The van der Waals surface area contributed by atoms with E-state index in [1.165, 1.54) is 0 Å². The van der Waals surface area contributed by atoms with Gasteiger partial charge in [-0.05, 0) is 25.3 Å². The number of carbonyl (C=O) groups excluding carboxylic acids is 3. The largest absolute Gasteiger partial charge is 0.481 e. The number of aliphatic hydroxyl groups is 1. The Bertz CT molecular complexity index is 633. The summed E-state index contributed by atoms with van der Waals surface area (Å²) in [4.78, 5) is 59.2. The summed E-state index contributed by atoms with van der Waals surface area (Å²) in [5.41, 5.74) is 0. The second-order valence-corrected chi connectivity index (χ2v) is 7.12. The first-order chi connectivity index (χ1) is 13.6. The number of carboxylic acids is 2. The van der Waals surface area contributed by atoms with Gasteiger partial charge in [0.2, 0.25) is 17.7 Å². The number of carbonyl (C=O) groups is 5. The molecule has 12 heteroatoms. The molecular weight excluding hydrogens is 388 g/mol. The van der Waals surface area contributed by atoms with E-state index in [1.54, 1.807) is 13.8 Å². The SMILES string of the molecule is CC(C)C(NC(=O)C(CC(=O)O)NC(=O)C(CO)NC(=O)C1CCCN1)C(=O)O. The maximum atomic E-state index is 12.4. The van der Waals surface area contributed by atoms with Gasteiger partial charge in [0.25, 0.3) is 0 Å². The molecule has 1 rings (SSSR count). The fourth-order valence-electron chi connectivity index (χ4n) is 2.80. The maximum absolute atomic E-state index is 12.4. The van der Waals surface area contributed by atoms with Crippen LogP contribution in [0.5, 0.6) is 0 Å². The van der Waals surface area contributed by atoms with E-state index in [9.17, 15) is 29.1 Å². The van der Waals surface area contributed by atoms with Crippen LogP contribution in [0.25, 0.3) is 0 Å². The lowest BCUT2D eigenvalue weighted by Gasteiger charge is -2.24. The van der Waals surface area contributed by atoms with Gasteiger partial charge in [0.05, 0.1) is 19.1 Å². The van der Waals surface area contributed by atoms with Gasteiger partial charge in [-0.25, -0.2) is 4.79 Å². The second-order valence-electron chi connectivity index (χ2n) is 7.12. The molecular formula is C17H28N4O8. The molecule has 4 atom stereocenters. The molecule has 0 bridgehead atoms. The Balaban J connectivity index is 2.81. The molecule has 1 aliphatic heterocycles. The standard InChI is InChI=1S/C17H28N4O8/c1-8(2)13(17(28)29)21-15(26)10(6-12(23)24)19-16(27)11(7-22)20-14(25)9-4-3-5-18-9/h8-11,13,18,22H,3-7H2,1-2H3,(H,19,27)(H,20,25)(H,21,26)(H,23,24)(H,28,29). The number of rotatable bonds is 11. The highest BCUT2D eigenvalue weighted by Gasteiger charge is 2.32. The molecule has 0 radical (unpaired) electrons. The Labute approximate surface area is 167 Å². The molecule has 0 spiro atoms. The fourth-order valence-corrected chi connectivity index (χ4v) is 2.80. The second kappa shape index (κ2) is 11.3. The van der Waals surface area contributed by atoms with Crippen LogP contribution in [0.1, 0.15) is 33.1 Å². The fraction of sp³-hybridized carbons (Fsp3) is 0.706. The third-order valence-electron chi connectivity index (χ3n) is 4.43. The van der Waals surface area contributed by atoms with Crippen molar-refractivity contribution in [3.63, 3.8) is 0 Å². The monoisotopic (exact) mass is 416 g/mol. The molecule has 0 aromatic carbocycles. The van der Waals surface area contributed by atoms with Gasteiger partial charge in [0.1, 0.15) is 18.1 Å². The summed E-state index contributed by atoms with van der Waals surface area (Å²) in [5, 5.41) is 37.2. The highest BCUT2D eigenvalue weighted by atomic mass is 16.4. The van der Waals surface area contributed by atoms with Crippen molar-refractivity contribution in [3.8, 4) is 0 Å². The third-order valence-corrected chi connectivity index (χ3v) is 4.43. The first-order valence-corrected chi connectivity index (χ1v) is 9.26. The minimum atomic E-state index is -1.59. The number of hydrogen-bond acceptors (Lipinski definition) is 7. The molecule has 1 aliphatic rings. The van der Waals surface area contributed by atoms with Gasteiger partial charge in [-0.1, -0.05) is 13.8 Å². The van der Waals surface area contributed by atoms with Crippen LogP contribution in [0.2, 0.25) is 0 Å². The first kappa shape index (κ1) is 24.3. The van der Waals surface area contributed by atoms with Crippen LogP contribution in [0, 0.1) is 5.92 Å². The summed E-state index contributed by atoms with van der Waals surface area (Å²) in [5.74, 6) is -5.65. The number of aliphatic hydroxyl groups excluding tert-OH is 1. The van der Waals surface area contributed by atoms with Crippen molar-refractivity contribution in [3.05, 3.63) is 0 Å². The Morgan fingerprint density at radius 1 is 1.00 bits per heavy atom. The Kier molecular flexibility index (Phi) is 9.48. The number of hydrogen-bond donors (Lipinski definition) is 7. The average molecular weight is 416 g/mol. The van der Waals surface area contributed by atoms with Crippen LogP contribution in [0.3, 0.4) is 0 Å². The van der Waals surface area contributed by atoms with E-state index < -0.39 is 72.8 Å². The highest BCUT2D eigenvalue weighted by molar-refractivity contribution is 5.95. The molecule has 0 saturated carbocycles. The molecule has 4 unspecified atom stereocenters. The van der Waals surface area contributed by atoms with Gasteiger partial charge in [0, 0.05) is 0 Å². The minimum Gasteiger partial charge on any atom is -0.481 e. The van der Waals surface area contributed by atoms with Gasteiger partial charge in [-0.15, -0.1) is 0 Å². The summed E-state index contributed by atoms with van der Waals surface area (Å²) in [6.07, 6.45) is 0.551. The summed E-state index contributed by atoms with van der Waals surface area (Å²) in [6, 6.07) is -4.76. The summed E-state index contributed by atoms with van der Waals surface area (Å²) in [6.45, 7) is 2.99. The third kappa shape index (κ3) is 7.66. The van der Waals surface area contributed by atoms with Crippen molar-refractivity contribution in [2.24, 2.45) is 5.92 Å². The highest BCUT2D eigenvalue weighted by Crippen LogP contribution is 2.06. The van der Waals surface area contributed by atoms with Crippen LogP contribution in [0.4, 0.5) is 0 Å². The van der Waals surface area contributed by atoms with Gasteiger partial charge in [-0.2, -0.15) is 0 Å². The van der Waals surface area contributed by atoms with Crippen LogP contribution in [-0.4, -0.2) is 82.3 Å². The molecule has 1 saturated heterocycles. The summed E-state index contributed by atoms with van der Waals surface area (Å²) >= 11 is 0. The lowest BCUT2D eigenvalue weighted by Crippen LogP contribution is -2.58. The zero-order valence-corrected chi connectivity index (χ0v) is 16.3. The lowest BCUT2D eigenvalue weighted by molar-refractivity contribution is -0.144. The zero-order valence-electron chi connectivity index (χ0n) is 16.3. The Morgan fingerprint density at radius 2 is 1.62 bits per heavy atom. The number of carboxylic acid groups (broad SMARTS) is 2. The van der Waals surface area contributed by atoms with Gasteiger partial charge in [-0.3, -0.25) is 19.2 Å². The Morgan fingerprint density at radius 3 is 2.07 bits per heavy atom. The van der Waals surface area contributed by atoms with E-state index in [0.29, 0.717) is 13.0 Å². The first-order valence-electron chi connectivity index (χ1n) is 9.26. The van der Waals surface area contributed by atoms with Gasteiger partial charge in [0.15, 0.2) is 0 Å². The lowest BCUT2D eigenvalue weighted by atomic mass is 10.0. The molecule has 3 amide bonds. The van der Waals surface area contributed by atoms with E-state index in [-0.39, 0.29) is 0 Å². The van der Waals surface area contributed by atoms with Crippen molar-refractivity contribution in [1.29, 1.82) is 0 Å². The number of amides is 3. The van der Waals surface area contributed by atoms with Crippen molar-refractivity contribution >= 4 is 29.7 Å². The van der Waals surface area contributed by atoms with Crippen LogP contribution in [-0.2, 0) is 24.0 Å². The van der Waals surface area contributed by atoms with Crippen molar-refractivity contribution in [2.75, 3.05) is 13.2 Å². The van der Waals surface area contributed by atoms with Crippen molar-refractivity contribution in [2.45, 2.75) is 57.3 Å². The van der Waals surface area contributed by atoms with E-state index in [2.05, 4.69) is 21.3 Å². The molecule has 29 heavy (non-hydrogen) atoms. The summed E-state index contributed by atoms with van der Waals surface area (Å²) < 4.78 is 0. The average Bonchev–Trinajstić information content (AvgIpc) is 3.16. The molecule has 0 aliphatic carbocycles. The number of aliphatic carboxylic acids is 2. The summed E-state index contributed by atoms with van der Waals surface area (Å²) in [7, 11) is 0. The molecule has 164 valence electrons. The molecule has 0 aromatic rings. The van der Waals surface area contributed by atoms with Crippen molar-refractivity contribution < 1.29 is 39.3 Å². The topological polar surface area (TPSA) is 194 Å². The molecule has 7 N–H and O–H groups in total. The van der Waals surface area contributed by atoms with E-state index in [0.717, 1.165) is 6.42 Å². The zero-order chi connectivity index (χ0) is 22.1. The predicted octanol–water partition coefficient (Wildman–Crippen LogP) is -2.60. The molecule has 12 nitrogen and oxygen atoms in total. The Hall–Kier alpha value is -2.73.